The lowest BCUT2D eigenvalue weighted by atomic mass is 10.0. The van der Waals surface area contributed by atoms with Gasteiger partial charge >= 0.3 is 6.18 Å². The highest BCUT2D eigenvalue weighted by Gasteiger charge is 2.31. The second-order valence-corrected chi connectivity index (χ2v) is 3.92. The highest BCUT2D eigenvalue weighted by atomic mass is 19.4. The van der Waals surface area contributed by atoms with Crippen molar-refractivity contribution >= 4 is 11.3 Å². The lowest BCUT2D eigenvalue weighted by molar-refractivity contribution is -0.137. The first-order valence-electron chi connectivity index (χ1n) is 5.14. The summed E-state index contributed by atoms with van der Waals surface area (Å²) in [4.78, 5) is 0. The summed E-state index contributed by atoms with van der Waals surface area (Å²) in [7, 11) is 0. The van der Waals surface area contributed by atoms with Gasteiger partial charge in [-0.25, -0.2) is 0 Å². The van der Waals surface area contributed by atoms with Gasteiger partial charge in [0.05, 0.1) is 5.56 Å². The Balaban J connectivity index is 2.44. The minimum Gasteiger partial charge on any atom is -0.398 e. The first-order valence-corrected chi connectivity index (χ1v) is 5.14. The van der Waals surface area contributed by atoms with Gasteiger partial charge in [0.1, 0.15) is 0 Å². The molecule has 0 spiro atoms. The number of alkyl halides is 3. The second kappa shape index (κ2) is 3.85. The maximum absolute atomic E-state index is 12.5. The Morgan fingerprint density at radius 2 is 1.94 bits per heavy atom. The van der Waals surface area contributed by atoms with Crippen LogP contribution in [0.3, 0.4) is 0 Å². The van der Waals surface area contributed by atoms with Crippen molar-refractivity contribution in [2.24, 2.45) is 0 Å². The summed E-state index contributed by atoms with van der Waals surface area (Å²) >= 11 is 0. The number of anilines is 1. The van der Waals surface area contributed by atoms with E-state index in [-0.39, 0.29) is 0 Å². The van der Waals surface area contributed by atoms with Crippen molar-refractivity contribution in [3.8, 4) is 0 Å². The monoisotopic (exact) mass is 227 g/mol. The van der Waals surface area contributed by atoms with Crippen LogP contribution in [0.1, 0.15) is 30.4 Å². The van der Waals surface area contributed by atoms with Crippen molar-refractivity contribution < 1.29 is 13.2 Å². The van der Waals surface area contributed by atoms with E-state index in [9.17, 15) is 13.2 Å². The van der Waals surface area contributed by atoms with Crippen LogP contribution in [0, 0.1) is 0 Å². The third-order valence-electron chi connectivity index (χ3n) is 2.77. The van der Waals surface area contributed by atoms with Gasteiger partial charge in [-0.3, -0.25) is 0 Å². The average Bonchev–Trinajstić information content (AvgIpc) is 2.69. The predicted molar refractivity (Wildman–Crippen MR) is 57.7 cm³/mol. The maximum atomic E-state index is 12.5. The second-order valence-electron chi connectivity index (χ2n) is 3.92. The van der Waals surface area contributed by atoms with Crippen LogP contribution in [0.5, 0.6) is 0 Å². The molecule has 1 aliphatic carbocycles. The fourth-order valence-electron chi connectivity index (χ4n) is 1.93. The lowest BCUT2D eigenvalue weighted by Crippen LogP contribution is -2.06. The molecule has 0 aliphatic heterocycles. The minimum absolute atomic E-state index is 0.418. The van der Waals surface area contributed by atoms with E-state index in [1.165, 1.54) is 6.07 Å². The Hall–Kier alpha value is -1.45. The number of hydrogen-bond donors (Lipinski definition) is 1. The van der Waals surface area contributed by atoms with E-state index in [0.717, 1.165) is 37.0 Å². The van der Waals surface area contributed by atoms with E-state index >= 15 is 0 Å². The first kappa shape index (κ1) is 11.0. The van der Waals surface area contributed by atoms with Crippen molar-refractivity contribution in [1.29, 1.82) is 0 Å². The van der Waals surface area contributed by atoms with Crippen molar-refractivity contribution in [3.05, 3.63) is 35.4 Å². The summed E-state index contributed by atoms with van der Waals surface area (Å²) in [6.45, 7) is 0. The van der Waals surface area contributed by atoms with Gasteiger partial charge in [-0.2, -0.15) is 13.2 Å². The molecular weight excluding hydrogens is 215 g/mol. The lowest BCUT2D eigenvalue weighted by Gasteiger charge is -2.11. The van der Waals surface area contributed by atoms with Gasteiger partial charge in [0.25, 0.3) is 0 Å². The van der Waals surface area contributed by atoms with E-state index < -0.39 is 11.7 Å². The Morgan fingerprint density at radius 3 is 2.50 bits per heavy atom. The van der Waals surface area contributed by atoms with Gasteiger partial charge in [-0.1, -0.05) is 6.08 Å². The zero-order chi connectivity index (χ0) is 11.8. The van der Waals surface area contributed by atoms with Crippen molar-refractivity contribution in [2.75, 3.05) is 5.73 Å². The number of halogens is 3. The number of allylic oxidation sites excluding steroid dienone is 2. The van der Waals surface area contributed by atoms with Crippen LogP contribution >= 0.6 is 0 Å². The van der Waals surface area contributed by atoms with Gasteiger partial charge < -0.3 is 5.73 Å². The molecule has 2 rings (SSSR count). The third kappa shape index (κ3) is 2.05. The topological polar surface area (TPSA) is 26.0 Å². The fourth-order valence-corrected chi connectivity index (χ4v) is 1.93. The Morgan fingerprint density at radius 1 is 1.19 bits per heavy atom. The van der Waals surface area contributed by atoms with Crippen LogP contribution in [0.2, 0.25) is 0 Å². The Kier molecular flexibility index (Phi) is 2.66. The molecule has 0 unspecified atom stereocenters. The van der Waals surface area contributed by atoms with Gasteiger partial charge in [0.15, 0.2) is 0 Å². The zero-order valence-corrected chi connectivity index (χ0v) is 8.64. The molecule has 2 N–H and O–H groups in total. The van der Waals surface area contributed by atoms with Crippen LogP contribution in [0.15, 0.2) is 24.3 Å². The van der Waals surface area contributed by atoms with Crippen molar-refractivity contribution in [1.82, 2.24) is 0 Å². The minimum atomic E-state index is -4.30. The van der Waals surface area contributed by atoms with E-state index in [1.54, 1.807) is 0 Å². The van der Waals surface area contributed by atoms with Crippen LogP contribution in [-0.2, 0) is 6.18 Å². The summed E-state index contributed by atoms with van der Waals surface area (Å²) in [5, 5.41) is 0. The van der Waals surface area contributed by atoms with Gasteiger partial charge in [-0.15, -0.1) is 0 Å². The van der Waals surface area contributed by atoms with E-state index in [4.69, 9.17) is 5.73 Å². The predicted octanol–water partition coefficient (Wildman–Crippen LogP) is 3.85. The van der Waals surface area contributed by atoms with E-state index in [2.05, 4.69) is 0 Å². The zero-order valence-electron chi connectivity index (χ0n) is 8.64. The summed E-state index contributed by atoms with van der Waals surface area (Å²) in [5.74, 6) is 0. The Bertz CT molecular complexity index is 432. The number of nitrogens with two attached hydrogens (primary N) is 1. The molecule has 86 valence electrons. The highest BCUT2D eigenvalue weighted by Crippen LogP contribution is 2.36. The van der Waals surface area contributed by atoms with Crippen molar-refractivity contribution in [3.63, 3.8) is 0 Å². The number of hydrogen-bond acceptors (Lipinski definition) is 1. The van der Waals surface area contributed by atoms with Gasteiger partial charge in [0, 0.05) is 11.3 Å². The number of nitrogen functional groups attached to an aromatic ring is 1. The molecule has 0 radical (unpaired) electrons. The Labute approximate surface area is 91.8 Å². The van der Waals surface area contributed by atoms with Crippen LogP contribution in [0.4, 0.5) is 18.9 Å². The molecule has 0 aromatic heterocycles. The standard InChI is InChI=1S/C12H12F3N/c13-12(14,15)9-5-6-11(16)10(7-9)8-3-1-2-4-8/h3,5-7H,1-2,4,16H2. The molecular formula is C12H12F3N. The fraction of sp³-hybridized carbons (Fsp3) is 0.333. The molecule has 1 aromatic carbocycles. The van der Waals surface area contributed by atoms with E-state index in [0.29, 0.717) is 11.3 Å². The first-order chi connectivity index (χ1) is 7.48. The van der Waals surface area contributed by atoms with Gasteiger partial charge in [-0.05, 0) is 43.0 Å². The summed E-state index contributed by atoms with van der Waals surface area (Å²) in [5.41, 5.74) is 6.96. The maximum Gasteiger partial charge on any atom is 0.416 e. The smallest absolute Gasteiger partial charge is 0.398 e. The summed E-state index contributed by atoms with van der Waals surface area (Å²) in [6, 6.07) is 3.50. The molecule has 0 saturated carbocycles. The molecule has 1 aliphatic rings. The molecule has 0 saturated heterocycles. The third-order valence-corrected chi connectivity index (χ3v) is 2.77. The molecule has 0 fully saturated rings. The molecule has 0 bridgehead atoms. The highest BCUT2D eigenvalue weighted by molar-refractivity contribution is 5.76. The largest absolute Gasteiger partial charge is 0.416 e. The normalized spacial score (nSPS) is 16.3. The van der Waals surface area contributed by atoms with Crippen molar-refractivity contribution in [2.45, 2.75) is 25.4 Å². The molecule has 16 heavy (non-hydrogen) atoms. The molecule has 4 heteroatoms. The SMILES string of the molecule is Nc1ccc(C(F)(F)F)cc1C1=CCCC1. The van der Waals surface area contributed by atoms with Crippen LogP contribution < -0.4 is 5.73 Å². The average molecular weight is 227 g/mol. The molecule has 0 heterocycles. The number of rotatable bonds is 1. The molecule has 1 aromatic rings. The van der Waals surface area contributed by atoms with Crippen LogP contribution in [0.25, 0.3) is 5.57 Å². The molecule has 1 nitrogen and oxygen atoms in total. The quantitative estimate of drug-likeness (QED) is 0.724. The number of benzene rings is 1. The molecule has 0 atom stereocenters. The van der Waals surface area contributed by atoms with E-state index in [1.807, 2.05) is 6.08 Å². The molecule has 0 amide bonds. The van der Waals surface area contributed by atoms with Crippen LogP contribution in [-0.4, -0.2) is 0 Å². The summed E-state index contributed by atoms with van der Waals surface area (Å²) in [6.07, 6.45) is 0.384. The summed E-state index contributed by atoms with van der Waals surface area (Å²) < 4.78 is 37.6. The van der Waals surface area contributed by atoms with Gasteiger partial charge in [0.2, 0.25) is 0 Å².